The Morgan fingerprint density at radius 2 is 1.60 bits per heavy atom. The average Bonchev–Trinajstić information content (AvgIpc) is 3.17. The summed E-state index contributed by atoms with van der Waals surface area (Å²) in [6, 6.07) is 13.7. The molecular formula is C23H25NO5S. The summed E-state index contributed by atoms with van der Waals surface area (Å²) in [5.41, 5.74) is 3.57. The predicted octanol–water partition coefficient (Wildman–Crippen LogP) is 5.67. The summed E-state index contributed by atoms with van der Waals surface area (Å²) in [7, 11) is 4.68. The van der Waals surface area contributed by atoms with Crippen molar-refractivity contribution in [3.05, 3.63) is 52.9 Å². The molecule has 0 radical (unpaired) electrons. The number of esters is 1. The largest absolute Gasteiger partial charge is 0.493 e. The van der Waals surface area contributed by atoms with E-state index in [0.29, 0.717) is 40.1 Å². The molecule has 0 fully saturated rings. The van der Waals surface area contributed by atoms with Gasteiger partial charge in [0, 0.05) is 22.7 Å². The normalized spacial score (nSPS) is 10.4. The topological polar surface area (TPSA) is 66.0 Å². The third-order valence-electron chi connectivity index (χ3n) is 4.47. The lowest BCUT2D eigenvalue weighted by Crippen LogP contribution is -2.05. The van der Waals surface area contributed by atoms with Crippen LogP contribution in [0.5, 0.6) is 17.2 Å². The number of nitrogens with one attached hydrogen (secondary N) is 1. The number of hydrogen-bond donors (Lipinski definition) is 1. The molecule has 7 heteroatoms. The smallest absolute Gasteiger partial charge is 0.350 e. The van der Waals surface area contributed by atoms with Crippen LogP contribution in [0.4, 0.5) is 11.4 Å². The number of thiophene rings is 1. The van der Waals surface area contributed by atoms with Crippen LogP contribution >= 0.6 is 11.3 Å². The van der Waals surface area contributed by atoms with Gasteiger partial charge in [0.15, 0.2) is 11.5 Å². The molecule has 0 saturated heterocycles. The number of rotatable bonds is 8. The number of carbonyl (C=O) groups excluding carboxylic acids is 1. The van der Waals surface area contributed by atoms with Crippen molar-refractivity contribution in [1.82, 2.24) is 0 Å². The van der Waals surface area contributed by atoms with Crippen LogP contribution < -0.4 is 19.5 Å². The van der Waals surface area contributed by atoms with E-state index in [0.717, 1.165) is 10.4 Å². The van der Waals surface area contributed by atoms with Crippen molar-refractivity contribution >= 4 is 28.7 Å². The Labute approximate surface area is 180 Å². The Bertz CT molecular complexity index is 1000. The molecule has 0 unspecified atom stereocenters. The standard InChI is InChI=1S/C23H25NO5S/c1-6-29-23(25)22-17(13-20(30-22)15-9-7-14(2)8-10-15)24-16-11-18(26-3)21(28-5)19(12-16)27-4/h7-13,24H,6H2,1-5H3. The van der Waals surface area contributed by atoms with E-state index < -0.39 is 0 Å². The Morgan fingerprint density at radius 3 is 2.13 bits per heavy atom. The fraction of sp³-hybridized carbons (Fsp3) is 0.261. The van der Waals surface area contributed by atoms with Gasteiger partial charge in [-0.1, -0.05) is 29.8 Å². The maximum Gasteiger partial charge on any atom is 0.350 e. The van der Waals surface area contributed by atoms with Gasteiger partial charge in [-0.25, -0.2) is 4.79 Å². The molecule has 0 saturated carbocycles. The third-order valence-corrected chi connectivity index (χ3v) is 5.64. The molecule has 0 amide bonds. The first-order chi connectivity index (χ1) is 14.5. The van der Waals surface area contributed by atoms with Crippen LogP contribution in [0.15, 0.2) is 42.5 Å². The molecule has 2 aromatic carbocycles. The summed E-state index contributed by atoms with van der Waals surface area (Å²) in [5.74, 6) is 1.18. The van der Waals surface area contributed by atoms with E-state index in [1.165, 1.54) is 16.9 Å². The molecule has 0 spiro atoms. The molecule has 6 nitrogen and oxygen atoms in total. The summed E-state index contributed by atoms with van der Waals surface area (Å²) < 4.78 is 21.5. The monoisotopic (exact) mass is 427 g/mol. The van der Waals surface area contributed by atoms with Gasteiger partial charge in [-0.2, -0.15) is 0 Å². The van der Waals surface area contributed by atoms with Crippen LogP contribution in [0.2, 0.25) is 0 Å². The Kier molecular flexibility index (Phi) is 6.84. The summed E-state index contributed by atoms with van der Waals surface area (Å²) >= 11 is 1.39. The lowest BCUT2D eigenvalue weighted by molar-refractivity contribution is 0.0533. The van der Waals surface area contributed by atoms with Gasteiger partial charge in [0.1, 0.15) is 4.88 Å². The number of hydrogen-bond acceptors (Lipinski definition) is 7. The first-order valence-corrected chi connectivity index (χ1v) is 10.3. The molecule has 0 aliphatic carbocycles. The molecule has 3 aromatic rings. The molecule has 0 aliphatic heterocycles. The second-order valence-electron chi connectivity index (χ2n) is 6.48. The van der Waals surface area contributed by atoms with E-state index in [2.05, 4.69) is 5.32 Å². The maximum absolute atomic E-state index is 12.6. The third kappa shape index (κ3) is 4.52. The minimum atomic E-state index is -0.365. The van der Waals surface area contributed by atoms with Crippen molar-refractivity contribution in [2.75, 3.05) is 33.3 Å². The highest BCUT2D eigenvalue weighted by atomic mass is 32.1. The summed E-state index contributed by atoms with van der Waals surface area (Å²) in [5, 5.41) is 3.31. The molecule has 1 aromatic heterocycles. The van der Waals surface area contributed by atoms with Gasteiger partial charge in [-0.15, -0.1) is 11.3 Å². The number of anilines is 2. The first-order valence-electron chi connectivity index (χ1n) is 9.45. The van der Waals surface area contributed by atoms with E-state index in [1.54, 1.807) is 40.4 Å². The molecule has 1 heterocycles. The van der Waals surface area contributed by atoms with Crippen LogP contribution in [0.3, 0.4) is 0 Å². The number of aryl methyl sites for hydroxylation is 1. The van der Waals surface area contributed by atoms with Crippen molar-refractivity contribution in [1.29, 1.82) is 0 Å². The molecule has 30 heavy (non-hydrogen) atoms. The lowest BCUT2D eigenvalue weighted by Gasteiger charge is -2.15. The number of ether oxygens (including phenoxy) is 4. The molecule has 1 N–H and O–H groups in total. The Morgan fingerprint density at radius 1 is 0.967 bits per heavy atom. The molecule has 0 aliphatic rings. The minimum Gasteiger partial charge on any atom is -0.493 e. The van der Waals surface area contributed by atoms with E-state index >= 15 is 0 Å². The zero-order chi connectivity index (χ0) is 21.7. The minimum absolute atomic E-state index is 0.306. The second kappa shape index (κ2) is 9.54. The predicted molar refractivity (Wildman–Crippen MR) is 120 cm³/mol. The number of carbonyl (C=O) groups is 1. The van der Waals surface area contributed by atoms with Crippen molar-refractivity contribution in [3.63, 3.8) is 0 Å². The van der Waals surface area contributed by atoms with E-state index in [9.17, 15) is 4.79 Å². The van der Waals surface area contributed by atoms with Crippen molar-refractivity contribution in [2.45, 2.75) is 13.8 Å². The summed E-state index contributed by atoms with van der Waals surface area (Å²) in [6.07, 6.45) is 0. The summed E-state index contributed by atoms with van der Waals surface area (Å²) in [4.78, 5) is 14.0. The number of benzene rings is 2. The Hall–Kier alpha value is -3.19. The van der Waals surface area contributed by atoms with Gasteiger partial charge in [0.2, 0.25) is 5.75 Å². The zero-order valence-corrected chi connectivity index (χ0v) is 18.5. The molecule has 158 valence electrons. The highest BCUT2D eigenvalue weighted by molar-refractivity contribution is 7.18. The zero-order valence-electron chi connectivity index (χ0n) is 17.7. The van der Waals surface area contributed by atoms with Gasteiger partial charge in [-0.3, -0.25) is 0 Å². The Balaban J connectivity index is 2.04. The molecule has 3 rings (SSSR count). The van der Waals surface area contributed by atoms with E-state index in [-0.39, 0.29) is 5.97 Å². The van der Waals surface area contributed by atoms with Crippen molar-refractivity contribution in [2.24, 2.45) is 0 Å². The van der Waals surface area contributed by atoms with Crippen LogP contribution in [0, 0.1) is 6.92 Å². The second-order valence-corrected chi connectivity index (χ2v) is 7.53. The molecule has 0 atom stereocenters. The van der Waals surface area contributed by atoms with Crippen LogP contribution in [-0.2, 0) is 4.74 Å². The quantitative estimate of drug-likeness (QED) is 0.467. The van der Waals surface area contributed by atoms with Crippen molar-refractivity contribution in [3.8, 4) is 27.7 Å². The molecular weight excluding hydrogens is 402 g/mol. The average molecular weight is 428 g/mol. The van der Waals surface area contributed by atoms with Crippen molar-refractivity contribution < 1.29 is 23.7 Å². The van der Waals surface area contributed by atoms with Gasteiger partial charge in [0.25, 0.3) is 0 Å². The fourth-order valence-corrected chi connectivity index (χ4v) is 4.01. The highest BCUT2D eigenvalue weighted by Crippen LogP contribution is 2.42. The van der Waals surface area contributed by atoms with Gasteiger partial charge < -0.3 is 24.3 Å². The SMILES string of the molecule is CCOC(=O)c1sc(-c2ccc(C)cc2)cc1Nc1cc(OC)c(OC)c(OC)c1. The van der Waals surface area contributed by atoms with Crippen LogP contribution in [0.1, 0.15) is 22.2 Å². The van der Waals surface area contributed by atoms with Crippen LogP contribution in [0.25, 0.3) is 10.4 Å². The van der Waals surface area contributed by atoms with Gasteiger partial charge in [0.05, 0.1) is 33.6 Å². The maximum atomic E-state index is 12.6. The first kappa shape index (κ1) is 21.5. The van der Waals surface area contributed by atoms with E-state index in [1.807, 2.05) is 37.3 Å². The van der Waals surface area contributed by atoms with Crippen LogP contribution in [-0.4, -0.2) is 33.9 Å². The van der Waals surface area contributed by atoms with Gasteiger partial charge >= 0.3 is 5.97 Å². The lowest BCUT2D eigenvalue weighted by atomic mass is 10.1. The fourth-order valence-electron chi connectivity index (χ4n) is 3.00. The molecule has 0 bridgehead atoms. The van der Waals surface area contributed by atoms with E-state index in [4.69, 9.17) is 18.9 Å². The highest BCUT2D eigenvalue weighted by Gasteiger charge is 2.20. The number of methoxy groups -OCH3 is 3. The van der Waals surface area contributed by atoms with Gasteiger partial charge in [-0.05, 0) is 25.5 Å². The summed E-state index contributed by atoms with van der Waals surface area (Å²) in [6.45, 7) is 4.14.